The normalized spacial score (nSPS) is 11.8. The standard InChI is InChI=1S/C18H22ClN3O/c1-3-13(2)22-16-7-8-17(21-12-16)18(23)20-10-9-14-5-4-6-15(19)11-14/h4-8,11-13,22H,3,9-10H2,1-2H3,(H,20,23). The molecule has 122 valence electrons. The number of amides is 1. The van der Waals surface area contributed by atoms with Crippen molar-refractivity contribution in [2.24, 2.45) is 0 Å². The van der Waals surface area contributed by atoms with E-state index in [-0.39, 0.29) is 5.91 Å². The van der Waals surface area contributed by atoms with Crippen molar-refractivity contribution < 1.29 is 4.79 Å². The average molecular weight is 332 g/mol. The van der Waals surface area contributed by atoms with Gasteiger partial charge in [0.1, 0.15) is 5.69 Å². The number of nitrogens with zero attached hydrogens (tertiary/aromatic N) is 1. The molecule has 0 saturated carbocycles. The van der Waals surface area contributed by atoms with E-state index in [0.29, 0.717) is 23.3 Å². The highest BCUT2D eigenvalue weighted by molar-refractivity contribution is 6.30. The first kappa shape index (κ1) is 17.3. The molecule has 1 unspecified atom stereocenters. The molecule has 0 aliphatic rings. The number of rotatable bonds is 7. The molecule has 4 nitrogen and oxygen atoms in total. The Hall–Kier alpha value is -2.07. The Morgan fingerprint density at radius 3 is 2.78 bits per heavy atom. The van der Waals surface area contributed by atoms with E-state index in [1.165, 1.54) is 0 Å². The van der Waals surface area contributed by atoms with Crippen molar-refractivity contribution in [3.8, 4) is 0 Å². The molecule has 1 heterocycles. The van der Waals surface area contributed by atoms with Crippen LogP contribution >= 0.6 is 11.6 Å². The molecular formula is C18H22ClN3O. The molecule has 0 aliphatic heterocycles. The number of carbonyl (C=O) groups excluding carboxylic acids is 1. The molecule has 1 atom stereocenters. The van der Waals surface area contributed by atoms with Gasteiger partial charge in [0.15, 0.2) is 0 Å². The molecule has 23 heavy (non-hydrogen) atoms. The second kappa shape index (κ2) is 8.53. The molecule has 2 N–H and O–H groups in total. The molecular weight excluding hydrogens is 310 g/mol. The number of benzene rings is 1. The summed E-state index contributed by atoms with van der Waals surface area (Å²) in [5, 5.41) is 6.90. The van der Waals surface area contributed by atoms with Crippen molar-refractivity contribution in [2.45, 2.75) is 32.7 Å². The smallest absolute Gasteiger partial charge is 0.269 e. The van der Waals surface area contributed by atoms with Gasteiger partial charge in [-0.1, -0.05) is 30.7 Å². The van der Waals surface area contributed by atoms with E-state index >= 15 is 0 Å². The van der Waals surface area contributed by atoms with Gasteiger partial charge in [0.05, 0.1) is 11.9 Å². The third-order valence-corrected chi connectivity index (χ3v) is 3.84. The lowest BCUT2D eigenvalue weighted by Gasteiger charge is -2.12. The Labute approximate surface area is 142 Å². The third-order valence-electron chi connectivity index (χ3n) is 3.61. The number of aromatic nitrogens is 1. The van der Waals surface area contributed by atoms with Gasteiger partial charge in [-0.15, -0.1) is 0 Å². The summed E-state index contributed by atoms with van der Waals surface area (Å²) in [6, 6.07) is 11.6. The zero-order valence-electron chi connectivity index (χ0n) is 13.5. The maximum atomic E-state index is 12.1. The highest BCUT2D eigenvalue weighted by Gasteiger charge is 2.07. The monoisotopic (exact) mass is 331 g/mol. The van der Waals surface area contributed by atoms with Crippen LogP contribution in [0, 0.1) is 0 Å². The topological polar surface area (TPSA) is 54.0 Å². The Morgan fingerprint density at radius 1 is 1.30 bits per heavy atom. The fraction of sp³-hybridized carbons (Fsp3) is 0.333. The van der Waals surface area contributed by atoms with Crippen molar-refractivity contribution in [3.05, 3.63) is 58.9 Å². The van der Waals surface area contributed by atoms with Gasteiger partial charge in [0, 0.05) is 17.6 Å². The first-order chi connectivity index (χ1) is 11.1. The van der Waals surface area contributed by atoms with Crippen LogP contribution in [0.5, 0.6) is 0 Å². The lowest BCUT2D eigenvalue weighted by molar-refractivity contribution is 0.0949. The van der Waals surface area contributed by atoms with Gasteiger partial charge in [-0.25, -0.2) is 4.98 Å². The number of pyridine rings is 1. The van der Waals surface area contributed by atoms with Gasteiger partial charge in [-0.05, 0) is 49.6 Å². The zero-order valence-corrected chi connectivity index (χ0v) is 14.2. The summed E-state index contributed by atoms with van der Waals surface area (Å²) in [7, 11) is 0. The van der Waals surface area contributed by atoms with E-state index in [0.717, 1.165) is 24.1 Å². The van der Waals surface area contributed by atoms with Crippen molar-refractivity contribution in [2.75, 3.05) is 11.9 Å². The average Bonchev–Trinajstić information content (AvgIpc) is 2.55. The van der Waals surface area contributed by atoms with Gasteiger partial charge < -0.3 is 10.6 Å². The molecule has 2 rings (SSSR count). The Morgan fingerprint density at radius 2 is 2.13 bits per heavy atom. The Kier molecular flexibility index (Phi) is 6.41. The summed E-state index contributed by atoms with van der Waals surface area (Å²) >= 11 is 5.94. The van der Waals surface area contributed by atoms with E-state index in [4.69, 9.17) is 11.6 Å². The number of halogens is 1. The van der Waals surface area contributed by atoms with Crippen molar-refractivity contribution in [1.82, 2.24) is 10.3 Å². The zero-order chi connectivity index (χ0) is 16.7. The van der Waals surface area contributed by atoms with Crippen LogP contribution in [-0.4, -0.2) is 23.5 Å². The molecule has 1 aromatic carbocycles. The molecule has 1 aromatic heterocycles. The van der Waals surface area contributed by atoms with Crippen LogP contribution in [0.15, 0.2) is 42.6 Å². The van der Waals surface area contributed by atoms with E-state index < -0.39 is 0 Å². The molecule has 0 saturated heterocycles. The van der Waals surface area contributed by atoms with E-state index in [9.17, 15) is 4.79 Å². The van der Waals surface area contributed by atoms with Crippen LogP contribution in [0.4, 0.5) is 5.69 Å². The molecule has 1 amide bonds. The molecule has 0 radical (unpaired) electrons. The van der Waals surface area contributed by atoms with Crippen LogP contribution in [0.25, 0.3) is 0 Å². The molecule has 0 bridgehead atoms. The van der Waals surface area contributed by atoms with Crippen molar-refractivity contribution in [3.63, 3.8) is 0 Å². The summed E-state index contributed by atoms with van der Waals surface area (Å²) in [5.74, 6) is -0.165. The van der Waals surface area contributed by atoms with Gasteiger partial charge in [-0.3, -0.25) is 4.79 Å². The summed E-state index contributed by atoms with van der Waals surface area (Å²) in [5.41, 5.74) is 2.44. The summed E-state index contributed by atoms with van der Waals surface area (Å²) in [6.07, 6.45) is 3.46. The van der Waals surface area contributed by atoms with Crippen molar-refractivity contribution >= 4 is 23.2 Å². The summed E-state index contributed by atoms with van der Waals surface area (Å²) < 4.78 is 0. The second-order valence-corrected chi connectivity index (χ2v) is 5.96. The quantitative estimate of drug-likeness (QED) is 0.808. The Balaban J connectivity index is 1.83. The van der Waals surface area contributed by atoms with Crippen LogP contribution in [-0.2, 0) is 6.42 Å². The van der Waals surface area contributed by atoms with Gasteiger partial charge in [0.25, 0.3) is 5.91 Å². The first-order valence-electron chi connectivity index (χ1n) is 7.83. The van der Waals surface area contributed by atoms with Crippen LogP contribution in [0.3, 0.4) is 0 Å². The minimum Gasteiger partial charge on any atom is -0.381 e. The number of anilines is 1. The number of hydrogen-bond donors (Lipinski definition) is 2. The largest absolute Gasteiger partial charge is 0.381 e. The predicted molar refractivity (Wildman–Crippen MR) is 95.1 cm³/mol. The maximum absolute atomic E-state index is 12.1. The summed E-state index contributed by atoms with van der Waals surface area (Å²) in [4.78, 5) is 16.3. The third kappa shape index (κ3) is 5.57. The lowest BCUT2D eigenvalue weighted by atomic mass is 10.1. The number of carbonyl (C=O) groups is 1. The summed E-state index contributed by atoms with van der Waals surface area (Å²) in [6.45, 7) is 4.77. The molecule has 0 aliphatic carbocycles. The Bertz CT molecular complexity index is 643. The molecule has 0 fully saturated rings. The molecule has 2 aromatic rings. The van der Waals surface area contributed by atoms with E-state index in [2.05, 4.69) is 29.5 Å². The minimum absolute atomic E-state index is 0.165. The molecule has 5 heteroatoms. The second-order valence-electron chi connectivity index (χ2n) is 5.52. The molecule has 0 spiro atoms. The maximum Gasteiger partial charge on any atom is 0.269 e. The van der Waals surface area contributed by atoms with Crippen LogP contribution in [0.1, 0.15) is 36.3 Å². The first-order valence-corrected chi connectivity index (χ1v) is 8.21. The van der Waals surface area contributed by atoms with Crippen LogP contribution < -0.4 is 10.6 Å². The van der Waals surface area contributed by atoms with Gasteiger partial charge in [-0.2, -0.15) is 0 Å². The van der Waals surface area contributed by atoms with E-state index in [1.807, 2.05) is 30.3 Å². The predicted octanol–water partition coefficient (Wildman–Crippen LogP) is 3.92. The van der Waals surface area contributed by atoms with Gasteiger partial charge >= 0.3 is 0 Å². The number of nitrogens with one attached hydrogen (secondary N) is 2. The fourth-order valence-electron chi connectivity index (χ4n) is 2.10. The van der Waals surface area contributed by atoms with Gasteiger partial charge in [0.2, 0.25) is 0 Å². The number of hydrogen-bond acceptors (Lipinski definition) is 3. The SMILES string of the molecule is CCC(C)Nc1ccc(C(=O)NCCc2cccc(Cl)c2)nc1. The highest BCUT2D eigenvalue weighted by atomic mass is 35.5. The van der Waals surface area contributed by atoms with Crippen LogP contribution in [0.2, 0.25) is 5.02 Å². The fourth-order valence-corrected chi connectivity index (χ4v) is 2.32. The van der Waals surface area contributed by atoms with E-state index in [1.54, 1.807) is 12.3 Å². The minimum atomic E-state index is -0.165. The van der Waals surface area contributed by atoms with Crippen molar-refractivity contribution in [1.29, 1.82) is 0 Å². The highest BCUT2D eigenvalue weighted by Crippen LogP contribution is 2.11. The lowest BCUT2D eigenvalue weighted by Crippen LogP contribution is -2.26.